The van der Waals surface area contributed by atoms with Crippen LogP contribution in [-0.4, -0.2) is 35.7 Å². The number of carbonyl (C=O) groups is 3. The van der Waals surface area contributed by atoms with Crippen LogP contribution in [-0.2, 0) is 9.59 Å². The van der Waals surface area contributed by atoms with Crippen molar-refractivity contribution in [3.05, 3.63) is 29.8 Å². The largest absolute Gasteiger partial charge is 0.478 e. The molecular formula is C29H48N2O5. The van der Waals surface area contributed by atoms with Crippen molar-refractivity contribution in [2.24, 2.45) is 0 Å². The number of ether oxygens (including phenoxy) is 1. The molecule has 0 heterocycles. The number of hydrogen-bond acceptors (Lipinski definition) is 4. The van der Waals surface area contributed by atoms with E-state index in [1.165, 1.54) is 96.1 Å². The highest BCUT2D eigenvalue weighted by Gasteiger charge is 2.17. The van der Waals surface area contributed by atoms with Crippen LogP contribution in [0.2, 0.25) is 0 Å². The third kappa shape index (κ3) is 16.2. The molecule has 3 N–H and O–H groups in total. The molecule has 0 bridgehead atoms. The van der Waals surface area contributed by atoms with E-state index in [2.05, 4.69) is 17.6 Å². The SMILES string of the molecule is CCCCCCCCCCCCCCCCCC(=O)NCC(NC(C)=O)Oc1ccccc1C(=O)O. The standard InChI is InChI=1S/C29H48N2O5/c1-3-4-5-6-7-8-9-10-11-12-13-14-15-16-17-22-27(33)30-23-28(31-24(2)32)36-26-21-19-18-20-25(26)29(34)35/h18-21,28H,3-17,22-23H2,1-2H3,(H,30,33)(H,31,32)(H,34,35). The molecule has 1 unspecified atom stereocenters. The average molecular weight is 505 g/mol. The Balaban J connectivity index is 2.11. The molecule has 0 saturated heterocycles. The summed E-state index contributed by atoms with van der Waals surface area (Å²) >= 11 is 0. The van der Waals surface area contributed by atoms with Gasteiger partial charge in [-0.15, -0.1) is 0 Å². The van der Waals surface area contributed by atoms with Crippen molar-refractivity contribution in [1.29, 1.82) is 0 Å². The zero-order valence-electron chi connectivity index (χ0n) is 22.5. The van der Waals surface area contributed by atoms with E-state index < -0.39 is 12.2 Å². The van der Waals surface area contributed by atoms with E-state index in [9.17, 15) is 19.5 Å². The van der Waals surface area contributed by atoms with Crippen LogP contribution in [0.15, 0.2) is 24.3 Å². The van der Waals surface area contributed by atoms with Gasteiger partial charge in [-0.05, 0) is 18.6 Å². The van der Waals surface area contributed by atoms with Crippen molar-refractivity contribution in [3.63, 3.8) is 0 Å². The summed E-state index contributed by atoms with van der Waals surface area (Å²) in [6.45, 7) is 3.66. The molecule has 0 aliphatic rings. The first-order valence-electron chi connectivity index (χ1n) is 14.0. The second-order valence-electron chi connectivity index (χ2n) is 9.61. The highest BCUT2D eigenvalue weighted by molar-refractivity contribution is 5.90. The third-order valence-corrected chi connectivity index (χ3v) is 6.24. The van der Waals surface area contributed by atoms with E-state index in [0.29, 0.717) is 6.42 Å². The number of carbonyl (C=O) groups excluding carboxylic acids is 2. The van der Waals surface area contributed by atoms with Gasteiger partial charge >= 0.3 is 5.97 Å². The molecule has 0 spiro atoms. The number of nitrogens with one attached hydrogen (secondary N) is 2. The number of para-hydroxylation sites is 1. The molecule has 204 valence electrons. The number of carboxylic acid groups (broad SMARTS) is 1. The van der Waals surface area contributed by atoms with Crippen LogP contribution in [0.1, 0.15) is 127 Å². The molecule has 0 radical (unpaired) electrons. The highest BCUT2D eigenvalue weighted by Crippen LogP contribution is 2.19. The predicted molar refractivity (Wildman–Crippen MR) is 144 cm³/mol. The molecule has 0 aliphatic heterocycles. The Kier molecular flexibility index (Phi) is 18.0. The molecule has 0 fully saturated rings. The smallest absolute Gasteiger partial charge is 0.339 e. The Bertz CT molecular complexity index is 753. The van der Waals surface area contributed by atoms with Crippen LogP contribution in [0.5, 0.6) is 5.75 Å². The Morgan fingerprint density at radius 2 is 1.31 bits per heavy atom. The van der Waals surface area contributed by atoms with Gasteiger partial charge in [0.1, 0.15) is 11.3 Å². The van der Waals surface area contributed by atoms with Gasteiger partial charge in [-0.25, -0.2) is 4.79 Å². The molecule has 1 aromatic rings. The minimum atomic E-state index is -1.12. The highest BCUT2D eigenvalue weighted by atomic mass is 16.5. The number of benzene rings is 1. The summed E-state index contributed by atoms with van der Waals surface area (Å²) in [6.07, 6.45) is 18.7. The fourth-order valence-electron chi connectivity index (χ4n) is 4.20. The van der Waals surface area contributed by atoms with E-state index in [1.54, 1.807) is 12.1 Å². The van der Waals surface area contributed by atoms with Gasteiger partial charge in [0, 0.05) is 13.3 Å². The molecule has 0 aromatic heterocycles. The van der Waals surface area contributed by atoms with Crippen LogP contribution in [0, 0.1) is 0 Å². The van der Waals surface area contributed by atoms with E-state index in [0.717, 1.165) is 19.3 Å². The predicted octanol–water partition coefficient (Wildman–Crippen LogP) is 6.60. The van der Waals surface area contributed by atoms with Gasteiger partial charge in [-0.3, -0.25) is 9.59 Å². The van der Waals surface area contributed by atoms with Crippen molar-refractivity contribution in [3.8, 4) is 5.75 Å². The van der Waals surface area contributed by atoms with Gasteiger partial charge in [0.2, 0.25) is 11.8 Å². The molecule has 0 saturated carbocycles. The number of hydrogen-bond donors (Lipinski definition) is 3. The first-order chi connectivity index (χ1) is 17.4. The van der Waals surface area contributed by atoms with Crippen molar-refractivity contribution in [2.45, 2.75) is 123 Å². The van der Waals surface area contributed by atoms with Gasteiger partial charge in [0.15, 0.2) is 6.23 Å². The van der Waals surface area contributed by atoms with Gasteiger partial charge < -0.3 is 20.5 Å². The van der Waals surface area contributed by atoms with E-state index >= 15 is 0 Å². The minimum Gasteiger partial charge on any atom is -0.478 e. The lowest BCUT2D eigenvalue weighted by Gasteiger charge is -2.21. The second kappa shape index (κ2) is 20.6. The van der Waals surface area contributed by atoms with Gasteiger partial charge in [0.05, 0.1) is 6.54 Å². The third-order valence-electron chi connectivity index (χ3n) is 6.24. The normalized spacial score (nSPS) is 11.6. The quantitative estimate of drug-likeness (QED) is 0.122. The average Bonchev–Trinajstić information content (AvgIpc) is 2.84. The lowest BCUT2D eigenvalue weighted by atomic mass is 10.0. The maximum absolute atomic E-state index is 12.2. The Labute approximate surface area is 217 Å². The van der Waals surface area contributed by atoms with Gasteiger partial charge in [-0.1, -0.05) is 109 Å². The van der Waals surface area contributed by atoms with E-state index in [-0.39, 0.29) is 29.7 Å². The summed E-state index contributed by atoms with van der Waals surface area (Å²) in [6, 6.07) is 6.21. The minimum absolute atomic E-state index is 0.00279. The van der Waals surface area contributed by atoms with E-state index in [1.807, 2.05) is 0 Å². The van der Waals surface area contributed by atoms with Crippen LogP contribution in [0.25, 0.3) is 0 Å². The second-order valence-corrected chi connectivity index (χ2v) is 9.61. The summed E-state index contributed by atoms with van der Waals surface area (Å²) in [7, 11) is 0. The first-order valence-corrected chi connectivity index (χ1v) is 14.0. The molecule has 1 aromatic carbocycles. The van der Waals surface area contributed by atoms with Crippen LogP contribution in [0.4, 0.5) is 0 Å². The fraction of sp³-hybridized carbons (Fsp3) is 0.690. The van der Waals surface area contributed by atoms with Crippen molar-refractivity contribution < 1.29 is 24.2 Å². The lowest BCUT2D eigenvalue weighted by molar-refractivity contribution is -0.124. The fourth-order valence-corrected chi connectivity index (χ4v) is 4.20. The zero-order chi connectivity index (χ0) is 26.4. The molecule has 36 heavy (non-hydrogen) atoms. The summed E-state index contributed by atoms with van der Waals surface area (Å²) in [5.74, 6) is -1.41. The Morgan fingerprint density at radius 1 is 0.806 bits per heavy atom. The van der Waals surface area contributed by atoms with Gasteiger partial charge in [-0.2, -0.15) is 0 Å². The summed E-state index contributed by atoms with van der Waals surface area (Å²) < 4.78 is 5.67. The number of carboxylic acids is 1. The summed E-state index contributed by atoms with van der Waals surface area (Å²) in [5, 5.41) is 14.7. The number of unbranched alkanes of at least 4 members (excludes halogenated alkanes) is 14. The summed E-state index contributed by atoms with van der Waals surface area (Å²) in [5.41, 5.74) is -0.00279. The molecule has 2 amide bonds. The zero-order valence-corrected chi connectivity index (χ0v) is 22.5. The monoisotopic (exact) mass is 504 g/mol. The van der Waals surface area contributed by atoms with E-state index in [4.69, 9.17) is 4.74 Å². The van der Waals surface area contributed by atoms with Crippen molar-refractivity contribution in [1.82, 2.24) is 10.6 Å². The first kappa shape index (κ1) is 31.5. The maximum atomic E-state index is 12.2. The molecular weight excluding hydrogens is 456 g/mol. The number of amides is 2. The molecule has 1 atom stereocenters. The van der Waals surface area contributed by atoms with Crippen LogP contribution < -0.4 is 15.4 Å². The topological polar surface area (TPSA) is 105 Å². The molecule has 7 heteroatoms. The maximum Gasteiger partial charge on any atom is 0.339 e. The molecule has 7 nitrogen and oxygen atoms in total. The van der Waals surface area contributed by atoms with Crippen LogP contribution >= 0.6 is 0 Å². The summed E-state index contributed by atoms with van der Waals surface area (Å²) in [4.78, 5) is 35.1. The lowest BCUT2D eigenvalue weighted by Crippen LogP contribution is -2.46. The Morgan fingerprint density at radius 3 is 1.81 bits per heavy atom. The number of rotatable bonds is 22. The number of aromatic carboxylic acids is 1. The molecule has 0 aliphatic carbocycles. The van der Waals surface area contributed by atoms with Crippen molar-refractivity contribution >= 4 is 17.8 Å². The van der Waals surface area contributed by atoms with Gasteiger partial charge in [0.25, 0.3) is 0 Å². The molecule has 1 rings (SSSR count). The Hall–Kier alpha value is -2.57. The van der Waals surface area contributed by atoms with Crippen LogP contribution in [0.3, 0.4) is 0 Å². The van der Waals surface area contributed by atoms with Crippen molar-refractivity contribution in [2.75, 3.05) is 6.54 Å².